The molecule has 2 amide bonds. The lowest BCUT2D eigenvalue weighted by Crippen LogP contribution is -2.42. The lowest BCUT2D eigenvalue weighted by molar-refractivity contribution is -0.135. The van der Waals surface area contributed by atoms with Crippen LogP contribution in [0.4, 0.5) is 5.69 Å². The van der Waals surface area contributed by atoms with Gasteiger partial charge in [-0.25, -0.2) is 0 Å². The summed E-state index contributed by atoms with van der Waals surface area (Å²) in [6.45, 7) is 1.44. The lowest BCUT2D eigenvalue weighted by atomic mass is 9.93. The van der Waals surface area contributed by atoms with Crippen molar-refractivity contribution in [3.63, 3.8) is 0 Å². The average Bonchev–Trinajstić information content (AvgIpc) is 2.81. The van der Waals surface area contributed by atoms with Crippen LogP contribution in [0.5, 0.6) is 17.2 Å². The van der Waals surface area contributed by atoms with Crippen molar-refractivity contribution in [1.82, 2.24) is 4.90 Å². The number of hydrogen-bond donors (Lipinski definition) is 1. The molecule has 1 saturated heterocycles. The number of carbonyl (C=O) groups excluding carboxylic acids is 2. The molecule has 0 saturated carbocycles. The zero-order valence-electron chi connectivity index (χ0n) is 18.1. The summed E-state index contributed by atoms with van der Waals surface area (Å²) in [6, 6.07) is 14.6. The van der Waals surface area contributed by atoms with Gasteiger partial charge in [-0.3, -0.25) is 9.59 Å². The van der Waals surface area contributed by atoms with Crippen LogP contribution in [0.3, 0.4) is 0 Å². The number of nitrogens with one attached hydrogen (secondary N) is 1. The van der Waals surface area contributed by atoms with Gasteiger partial charge in [-0.1, -0.05) is 18.2 Å². The predicted molar refractivity (Wildman–Crippen MR) is 119 cm³/mol. The van der Waals surface area contributed by atoms with Crippen LogP contribution in [0.1, 0.15) is 25.7 Å². The number of amides is 2. The minimum atomic E-state index is -0.0637. The third-order valence-corrected chi connectivity index (χ3v) is 5.39. The third kappa shape index (κ3) is 6.91. The highest BCUT2D eigenvalue weighted by Crippen LogP contribution is 2.26. The number of methoxy groups -OCH3 is 2. The second-order valence-corrected chi connectivity index (χ2v) is 7.64. The summed E-state index contributed by atoms with van der Waals surface area (Å²) in [5.74, 6) is 2.16. The van der Waals surface area contributed by atoms with Gasteiger partial charge in [0.25, 0.3) is 5.91 Å². The number of ether oxygens (including phenoxy) is 3. The summed E-state index contributed by atoms with van der Waals surface area (Å²) in [4.78, 5) is 26.8. The summed E-state index contributed by atoms with van der Waals surface area (Å²) < 4.78 is 16.1. The predicted octanol–water partition coefficient (Wildman–Crippen LogP) is 3.74. The molecule has 1 N–H and O–H groups in total. The Morgan fingerprint density at radius 2 is 1.74 bits per heavy atom. The Hall–Kier alpha value is -3.22. The highest BCUT2D eigenvalue weighted by molar-refractivity contribution is 5.91. The van der Waals surface area contributed by atoms with Gasteiger partial charge < -0.3 is 24.4 Å². The van der Waals surface area contributed by atoms with Crippen LogP contribution in [-0.4, -0.2) is 50.6 Å². The molecule has 31 heavy (non-hydrogen) atoms. The van der Waals surface area contributed by atoms with E-state index >= 15 is 0 Å². The van der Waals surface area contributed by atoms with Crippen LogP contribution in [0.15, 0.2) is 48.5 Å². The van der Waals surface area contributed by atoms with Gasteiger partial charge in [0.2, 0.25) is 5.91 Å². The Morgan fingerprint density at radius 3 is 2.42 bits per heavy atom. The van der Waals surface area contributed by atoms with E-state index in [4.69, 9.17) is 14.2 Å². The molecule has 3 rings (SSSR count). The van der Waals surface area contributed by atoms with E-state index in [1.54, 1.807) is 32.4 Å². The molecule has 1 aliphatic rings. The number of nitrogens with zero attached hydrogens (tertiary/aromatic N) is 1. The fourth-order valence-corrected chi connectivity index (χ4v) is 3.72. The van der Waals surface area contributed by atoms with Gasteiger partial charge >= 0.3 is 0 Å². The number of rotatable bonds is 9. The number of carbonyl (C=O) groups is 2. The summed E-state index contributed by atoms with van der Waals surface area (Å²) in [6.07, 6.45) is 3.09. The van der Waals surface area contributed by atoms with Gasteiger partial charge in [0.1, 0.15) is 17.2 Å². The van der Waals surface area contributed by atoms with Crippen LogP contribution in [-0.2, 0) is 9.59 Å². The summed E-state index contributed by atoms with van der Waals surface area (Å²) >= 11 is 0. The minimum absolute atomic E-state index is 0.0125. The van der Waals surface area contributed by atoms with Crippen molar-refractivity contribution in [3.8, 4) is 17.2 Å². The quantitative estimate of drug-likeness (QED) is 0.661. The molecule has 1 heterocycles. The molecule has 0 aliphatic carbocycles. The molecule has 0 spiro atoms. The fourth-order valence-electron chi connectivity index (χ4n) is 3.72. The highest BCUT2D eigenvalue weighted by Gasteiger charge is 2.24. The molecule has 2 aromatic rings. The Labute approximate surface area is 183 Å². The average molecular weight is 427 g/mol. The van der Waals surface area contributed by atoms with Crippen LogP contribution in [0, 0.1) is 5.92 Å². The molecule has 1 fully saturated rings. The number of anilines is 1. The van der Waals surface area contributed by atoms with E-state index in [-0.39, 0.29) is 18.4 Å². The monoisotopic (exact) mass is 426 g/mol. The smallest absolute Gasteiger partial charge is 0.260 e. The molecule has 0 radical (unpaired) electrons. The maximum atomic E-state index is 12.5. The molecular weight excluding hydrogens is 396 g/mol. The first-order valence-electron chi connectivity index (χ1n) is 10.6. The van der Waals surface area contributed by atoms with Gasteiger partial charge in [-0.2, -0.15) is 0 Å². The second-order valence-electron chi connectivity index (χ2n) is 7.64. The van der Waals surface area contributed by atoms with Gasteiger partial charge in [-0.05, 0) is 37.3 Å². The van der Waals surface area contributed by atoms with Crippen LogP contribution in [0.25, 0.3) is 0 Å². The SMILES string of the molecule is COc1cc(NC(=O)CC[C@H]2CCCN(C(=O)COc3ccccc3)C2)cc(OC)c1. The topological polar surface area (TPSA) is 77.1 Å². The Bertz CT molecular complexity index is 849. The van der Waals surface area contributed by atoms with Crippen molar-refractivity contribution >= 4 is 17.5 Å². The van der Waals surface area contributed by atoms with E-state index in [0.717, 1.165) is 25.8 Å². The van der Waals surface area contributed by atoms with Gasteiger partial charge in [0.05, 0.1) is 14.2 Å². The molecule has 2 aromatic carbocycles. The first-order chi connectivity index (χ1) is 15.1. The first kappa shape index (κ1) is 22.5. The Morgan fingerprint density at radius 1 is 1.03 bits per heavy atom. The summed E-state index contributed by atoms with van der Waals surface area (Å²) in [5, 5.41) is 2.90. The van der Waals surface area contributed by atoms with Crippen molar-refractivity contribution in [1.29, 1.82) is 0 Å². The Balaban J connectivity index is 1.45. The van der Waals surface area contributed by atoms with E-state index in [0.29, 0.717) is 41.8 Å². The van der Waals surface area contributed by atoms with Crippen molar-refractivity contribution in [2.45, 2.75) is 25.7 Å². The van der Waals surface area contributed by atoms with Gasteiger partial charge in [0.15, 0.2) is 6.61 Å². The number of benzene rings is 2. The molecule has 0 bridgehead atoms. The zero-order chi connectivity index (χ0) is 22.1. The van der Waals surface area contributed by atoms with E-state index < -0.39 is 0 Å². The molecule has 1 aliphatic heterocycles. The Kier molecular flexibility index (Phi) is 8.15. The second kappa shape index (κ2) is 11.2. The number of piperidine rings is 1. The molecular formula is C24H30N2O5. The fraction of sp³-hybridized carbons (Fsp3) is 0.417. The van der Waals surface area contributed by atoms with Gasteiger partial charge in [-0.15, -0.1) is 0 Å². The standard InChI is InChI=1S/C24H30N2O5/c1-29-21-13-19(14-22(15-21)30-2)25-23(27)11-10-18-7-6-12-26(16-18)24(28)17-31-20-8-4-3-5-9-20/h3-5,8-9,13-15,18H,6-7,10-12,16-17H2,1-2H3,(H,25,27)/t18-/m1/s1. The molecule has 7 nitrogen and oxygen atoms in total. The van der Waals surface area contributed by atoms with Gasteiger partial charge in [0, 0.05) is 43.4 Å². The molecule has 0 unspecified atom stereocenters. The van der Waals surface area contributed by atoms with E-state index in [1.807, 2.05) is 35.2 Å². The maximum absolute atomic E-state index is 12.5. The van der Waals surface area contributed by atoms with Crippen molar-refractivity contribution in [2.24, 2.45) is 5.92 Å². The van der Waals surface area contributed by atoms with Crippen molar-refractivity contribution in [2.75, 3.05) is 39.2 Å². The lowest BCUT2D eigenvalue weighted by Gasteiger charge is -2.32. The molecule has 1 atom stereocenters. The largest absolute Gasteiger partial charge is 0.497 e. The molecule has 0 aromatic heterocycles. The first-order valence-corrected chi connectivity index (χ1v) is 10.6. The summed E-state index contributed by atoms with van der Waals surface area (Å²) in [7, 11) is 3.14. The number of likely N-dealkylation sites (tertiary alicyclic amines) is 1. The maximum Gasteiger partial charge on any atom is 0.260 e. The molecule has 7 heteroatoms. The van der Waals surface area contributed by atoms with E-state index in [1.165, 1.54) is 0 Å². The zero-order valence-corrected chi connectivity index (χ0v) is 18.1. The van der Waals surface area contributed by atoms with Crippen molar-refractivity contribution < 1.29 is 23.8 Å². The normalized spacial score (nSPS) is 15.8. The van der Waals surface area contributed by atoms with Crippen molar-refractivity contribution in [3.05, 3.63) is 48.5 Å². The van der Waals surface area contributed by atoms with Crippen LogP contribution < -0.4 is 19.5 Å². The minimum Gasteiger partial charge on any atom is -0.497 e. The number of para-hydroxylation sites is 1. The van der Waals surface area contributed by atoms with Crippen LogP contribution >= 0.6 is 0 Å². The highest BCUT2D eigenvalue weighted by atomic mass is 16.5. The summed E-state index contributed by atoms with van der Waals surface area (Å²) in [5.41, 5.74) is 0.639. The molecule has 166 valence electrons. The van der Waals surface area contributed by atoms with Crippen LogP contribution in [0.2, 0.25) is 0 Å². The van der Waals surface area contributed by atoms with E-state index in [9.17, 15) is 9.59 Å². The third-order valence-electron chi connectivity index (χ3n) is 5.39. The number of hydrogen-bond acceptors (Lipinski definition) is 5. The van der Waals surface area contributed by atoms with E-state index in [2.05, 4.69) is 5.32 Å².